The molecule has 3 aromatic rings. The maximum Gasteiger partial charge on any atom is 0.362 e. The average molecular weight is 491 g/mol. The van der Waals surface area contributed by atoms with Crippen LogP contribution in [-0.2, 0) is 9.53 Å². The number of para-hydroxylation sites is 1. The van der Waals surface area contributed by atoms with Gasteiger partial charge in [-0.3, -0.25) is 4.79 Å². The van der Waals surface area contributed by atoms with Gasteiger partial charge in [0.2, 0.25) is 5.69 Å². The number of ether oxygens (including phenoxy) is 2. The number of carbonyl (C=O) groups excluding carboxylic acids is 2. The second-order valence-electron chi connectivity index (χ2n) is 5.69. The van der Waals surface area contributed by atoms with Crippen molar-refractivity contribution in [3.05, 3.63) is 70.1 Å². The van der Waals surface area contributed by atoms with E-state index >= 15 is 0 Å². The third-order valence-electron chi connectivity index (χ3n) is 3.66. The molecule has 1 aromatic heterocycles. The molecule has 1 amide bonds. The van der Waals surface area contributed by atoms with Crippen LogP contribution in [0.25, 0.3) is 5.69 Å². The highest BCUT2D eigenvalue weighted by Gasteiger charge is 2.21. The van der Waals surface area contributed by atoms with Gasteiger partial charge in [0.05, 0.1) is 18.5 Å². The summed E-state index contributed by atoms with van der Waals surface area (Å²) in [4.78, 5) is 24.4. The molecule has 0 fully saturated rings. The van der Waals surface area contributed by atoms with Crippen LogP contribution in [0, 0.1) is 3.57 Å². The minimum Gasteiger partial charge on any atom is -0.480 e. The first-order chi connectivity index (χ1) is 13.6. The lowest BCUT2D eigenvalue weighted by Gasteiger charge is -2.07. The van der Waals surface area contributed by atoms with Crippen LogP contribution in [0.5, 0.6) is 5.75 Å². The first-order valence-electron chi connectivity index (χ1n) is 8.57. The summed E-state index contributed by atoms with van der Waals surface area (Å²) in [7, 11) is 0. The van der Waals surface area contributed by atoms with Gasteiger partial charge in [0.15, 0.2) is 12.4 Å². The van der Waals surface area contributed by atoms with Crippen molar-refractivity contribution in [3.63, 3.8) is 0 Å². The minimum atomic E-state index is -0.606. The number of carbonyl (C=O) groups is 2. The van der Waals surface area contributed by atoms with E-state index in [9.17, 15) is 9.59 Å². The van der Waals surface area contributed by atoms with Crippen molar-refractivity contribution < 1.29 is 19.1 Å². The molecule has 0 aliphatic heterocycles. The third-order valence-corrected chi connectivity index (χ3v) is 4.38. The van der Waals surface area contributed by atoms with Crippen molar-refractivity contribution in [2.24, 2.45) is 0 Å². The summed E-state index contributed by atoms with van der Waals surface area (Å²) >= 11 is 2.19. The van der Waals surface area contributed by atoms with Gasteiger partial charge < -0.3 is 14.8 Å². The maximum atomic E-state index is 12.2. The normalized spacial score (nSPS) is 10.4. The zero-order valence-electron chi connectivity index (χ0n) is 15.1. The molecule has 1 N–H and O–H groups in total. The van der Waals surface area contributed by atoms with Crippen molar-refractivity contribution in [2.75, 3.05) is 18.5 Å². The number of hydrogen-bond acceptors (Lipinski definition) is 5. The third kappa shape index (κ3) is 5.10. The van der Waals surface area contributed by atoms with Gasteiger partial charge in [-0.1, -0.05) is 18.2 Å². The molecular weight excluding hydrogens is 473 g/mol. The van der Waals surface area contributed by atoms with Crippen molar-refractivity contribution in [3.8, 4) is 11.4 Å². The molecule has 0 bridgehead atoms. The Hall–Kier alpha value is -2.88. The zero-order valence-corrected chi connectivity index (χ0v) is 17.3. The van der Waals surface area contributed by atoms with Crippen molar-refractivity contribution in [2.45, 2.75) is 6.92 Å². The number of halogens is 1. The highest BCUT2D eigenvalue weighted by molar-refractivity contribution is 14.1. The first-order valence-corrected chi connectivity index (χ1v) is 9.65. The predicted molar refractivity (Wildman–Crippen MR) is 113 cm³/mol. The topological polar surface area (TPSA) is 82.4 Å². The summed E-state index contributed by atoms with van der Waals surface area (Å²) in [5, 5.41) is 7.00. The van der Waals surface area contributed by atoms with Crippen molar-refractivity contribution in [1.82, 2.24) is 9.78 Å². The van der Waals surface area contributed by atoms with Gasteiger partial charge in [-0.05, 0) is 65.9 Å². The number of aromatic nitrogens is 2. The maximum absolute atomic E-state index is 12.2. The lowest BCUT2D eigenvalue weighted by atomic mass is 10.3. The fourth-order valence-electron chi connectivity index (χ4n) is 2.39. The Balaban J connectivity index is 1.74. The highest BCUT2D eigenvalue weighted by atomic mass is 127. The Morgan fingerprint density at radius 2 is 1.82 bits per heavy atom. The molecule has 3 rings (SSSR count). The Morgan fingerprint density at radius 1 is 1.11 bits per heavy atom. The molecule has 0 saturated carbocycles. The smallest absolute Gasteiger partial charge is 0.362 e. The number of amides is 1. The van der Waals surface area contributed by atoms with Crippen LogP contribution in [0.1, 0.15) is 17.4 Å². The number of benzene rings is 2. The molecule has 7 nitrogen and oxygen atoms in total. The van der Waals surface area contributed by atoms with E-state index in [1.807, 2.05) is 42.5 Å². The zero-order chi connectivity index (χ0) is 19.9. The van der Waals surface area contributed by atoms with Gasteiger partial charge >= 0.3 is 5.97 Å². The molecule has 2 aromatic carbocycles. The number of rotatable bonds is 7. The van der Waals surface area contributed by atoms with E-state index in [-0.39, 0.29) is 30.6 Å². The van der Waals surface area contributed by atoms with Crippen LogP contribution in [0.4, 0.5) is 5.69 Å². The Labute approximate surface area is 175 Å². The summed E-state index contributed by atoms with van der Waals surface area (Å²) in [5.74, 6) is -0.770. The largest absolute Gasteiger partial charge is 0.480 e. The Bertz CT molecular complexity index is 955. The molecule has 0 spiro atoms. The SMILES string of the molecule is CCOC(=O)c1nn(-c2ccccc2)cc1OCC(=O)Nc1ccc(I)cc1. The quantitative estimate of drug-likeness (QED) is 0.403. The predicted octanol–water partition coefficient (Wildman–Crippen LogP) is 3.67. The van der Waals surface area contributed by atoms with E-state index in [4.69, 9.17) is 9.47 Å². The van der Waals surface area contributed by atoms with Crippen LogP contribution in [-0.4, -0.2) is 34.9 Å². The molecule has 0 saturated heterocycles. The van der Waals surface area contributed by atoms with Crippen LogP contribution in [0.3, 0.4) is 0 Å². The van der Waals surface area contributed by atoms with E-state index in [1.54, 1.807) is 25.3 Å². The minimum absolute atomic E-state index is 0.0211. The van der Waals surface area contributed by atoms with E-state index in [2.05, 4.69) is 33.0 Å². The lowest BCUT2D eigenvalue weighted by molar-refractivity contribution is -0.118. The Kier molecular flexibility index (Phi) is 6.64. The number of esters is 1. The number of hydrogen-bond donors (Lipinski definition) is 1. The van der Waals surface area contributed by atoms with Gasteiger partial charge in [-0.2, -0.15) is 5.10 Å². The van der Waals surface area contributed by atoms with Gasteiger partial charge in [0, 0.05) is 9.26 Å². The number of nitrogens with one attached hydrogen (secondary N) is 1. The number of anilines is 1. The van der Waals surface area contributed by atoms with Gasteiger partial charge in [-0.25, -0.2) is 9.48 Å². The standard InChI is InChI=1S/C20H18IN3O4/c1-2-27-20(26)19-17(12-24(23-19)16-6-4-3-5-7-16)28-13-18(25)22-15-10-8-14(21)9-11-15/h3-12H,2,13H2,1H3,(H,22,25). The molecule has 0 unspecified atom stereocenters. The second-order valence-corrected chi connectivity index (χ2v) is 6.93. The summed E-state index contributed by atoms with van der Waals surface area (Å²) in [6.45, 7) is 1.66. The molecule has 144 valence electrons. The molecule has 1 heterocycles. The van der Waals surface area contributed by atoms with Gasteiger partial charge in [0.1, 0.15) is 0 Å². The molecule has 0 radical (unpaired) electrons. The molecule has 8 heteroatoms. The fourth-order valence-corrected chi connectivity index (χ4v) is 2.75. The summed E-state index contributed by atoms with van der Waals surface area (Å²) in [6.07, 6.45) is 1.56. The summed E-state index contributed by atoms with van der Waals surface area (Å²) in [5.41, 5.74) is 1.44. The van der Waals surface area contributed by atoms with E-state index in [1.165, 1.54) is 4.68 Å². The summed E-state index contributed by atoms with van der Waals surface area (Å²) in [6, 6.07) is 16.7. The van der Waals surface area contributed by atoms with E-state index in [0.717, 1.165) is 9.26 Å². The van der Waals surface area contributed by atoms with Crippen LogP contribution in [0.2, 0.25) is 0 Å². The van der Waals surface area contributed by atoms with Crippen LogP contribution < -0.4 is 10.1 Å². The van der Waals surface area contributed by atoms with Crippen LogP contribution >= 0.6 is 22.6 Å². The average Bonchev–Trinajstić information content (AvgIpc) is 3.13. The first kappa shape index (κ1) is 19.9. The second kappa shape index (κ2) is 9.36. The fraction of sp³-hybridized carbons (Fsp3) is 0.150. The van der Waals surface area contributed by atoms with Crippen molar-refractivity contribution >= 4 is 40.2 Å². The van der Waals surface area contributed by atoms with E-state index < -0.39 is 5.97 Å². The van der Waals surface area contributed by atoms with Gasteiger partial charge in [0.25, 0.3) is 5.91 Å². The molecular formula is C20H18IN3O4. The van der Waals surface area contributed by atoms with E-state index in [0.29, 0.717) is 5.69 Å². The summed E-state index contributed by atoms with van der Waals surface area (Å²) < 4.78 is 13.2. The van der Waals surface area contributed by atoms with Gasteiger partial charge in [-0.15, -0.1) is 0 Å². The monoisotopic (exact) mass is 491 g/mol. The highest BCUT2D eigenvalue weighted by Crippen LogP contribution is 2.21. The molecule has 0 aliphatic carbocycles. The molecule has 0 aliphatic rings. The lowest BCUT2D eigenvalue weighted by Crippen LogP contribution is -2.20. The number of nitrogens with zero attached hydrogens (tertiary/aromatic N) is 2. The van der Waals surface area contributed by atoms with Crippen LogP contribution in [0.15, 0.2) is 60.8 Å². The molecule has 28 heavy (non-hydrogen) atoms. The van der Waals surface area contributed by atoms with Crippen molar-refractivity contribution in [1.29, 1.82) is 0 Å². The Morgan fingerprint density at radius 3 is 2.50 bits per heavy atom. The molecule has 0 atom stereocenters.